The number of aliphatic imine (C=N–C) groups is 1. The summed E-state index contributed by atoms with van der Waals surface area (Å²) in [5.41, 5.74) is 2.31. The molecular formula is C13H16Br2N2S. The number of aryl methyl sites for hydroxylation is 1. The molecule has 0 saturated carbocycles. The molecule has 0 aromatic heterocycles. The Morgan fingerprint density at radius 1 is 1.28 bits per heavy atom. The third-order valence-electron chi connectivity index (χ3n) is 2.78. The first-order valence-corrected chi connectivity index (χ1v) is 8.40. The van der Waals surface area contributed by atoms with Crippen LogP contribution in [0.2, 0.25) is 0 Å². The lowest BCUT2D eigenvalue weighted by Gasteiger charge is -2.26. The largest absolute Gasteiger partial charge is 0.333 e. The molecule has 1 aromatic rings. The van der Waals surface area contributed by atoms with Gasteiger partial charge >= 0.3 is 0 Å². The van der Waals surface area contributed by atoms with Crippen molar-refractivity contribution in [3.05, 3.63) is 26.6 Å². The maximum Gasteiger partial charge on any atom is 0.161 e. The number of hydrogen-bond donors (Lipinski definition) is 1. The highest BCUT2D eigenvalue weighted by atomic mass is 79.9. The van der Waals surface area contributed by atoms with Crippen LogP contribution in [0.1, 0.15) is 25.8 Å². The molecule has 98 valence electrons. The van der Waals surface area contributed by atoms with Crippen molar-refractivity contribution in [2.45, 2.75) is 32.7 Å². The molecule has 2 nitrogen and oxygen atoms in total. The van der Waals surface area contributed by atoms with Gasteiger partial charge in [0, 0.05) is 14.7 Å². The molecular weight excluding hydrogens is 376 g/mol. The van der Waals surface area contributed by atoms with Crippen molar-refractivity contribution in [1.29, 1.82) is 0 Å². The number of nitrogens with zero attached hydrogens (tertiary/aromatic N) is 1. The van der Waals surface area contributed by atoms with Gasteiger partial charge in [0.25, 0.3) is 0 Å². The Bertz CT molecular complexity index is 475. The Morgan fingerprint density at radius 2 is 1.89 bits per heavy atom. The second kappa shape index (κ2) is 5.55. The molecule has 0 bridgehead atoms. The van der Waals surface area contributed by atoms with Gasteiger partial charge in [-0.15, -0.1) is 0 Å². The Kier molecular flexibility index (Phi) is 4.44. The van der Waals surface area contributed by atoms with Gasteiger partial charge in [0.15, 0.2) is 5.17 Å². The first-order valence-electron chi connectivity index (χ1n) is 5.83. The molecule has 0 fully saturated rings. The summed E-state index contributed by atoms with van der Waals surface area (Å²) >= 11 is 8.97. The van der Waals surface area contributed by atoms with E-state index >= 15 is 0 Å². The van der Waals surface area contributed by atoms with Crippen molar-refractivity contribution < 1.29 is 0 Å². The highest BCUT2D eigenvalue weighted by molar-refractivity contribution is 9.11. The second-order valence-corrected chi connectivity index (χ2v) is 7.85. The predicted molar refractivity (Wildman–Crippen MR) is 88.8 cm³/mol. The van der Waals surface area contributed by atoms with E-state index in [1.54, 1.807) is 11.8 Å². The standard InChI is InChI=1S/C13H16Br2N2S/c1-8-6-9(14)11(10(15)7-8)16-12-17-13(2,3)4-5-18-12/h6-7H,4-5H2,1-3H3,(H,16,17). The fourth-order valence-corrected chi connectivity index (χ4v) is 4.65. The van der Waals surface area contributed by atoms with Crippen molar-refractivity contribution in [3.8, 4) is 0 Å². The van der Waals surface area contributed by atoms with Gasteiger partial charge in [0.2, 0.25) is 0 Å². The topological polar surface area (TPSA) is 24.4 Å². The monoisotopic (exact) mass is 390 g/mol. The summed E-state index contributed by atoms with van der Waals surface area (Å²) in [5, 5.41) is 4.42. The van der Waals surface area contributed by atoms with Crippen molar-refractivity contribution in [1.82, 2.24) is 0 Å². The van der Waals surface area contributed by atoms with Crippen LogP contribution in [0, 0.1) is 6.92 Å². The van der Waals surface area contributed by atoms with E-state index in [0.29, 0.717) is 0 Å². The zero-order chi connectivity index (χ0) is 13.3. The number of amidine groups is 1. The molecule has 0 amide bonds. The van der Waals surface area contributed by atoms with E-state index in [2.05, 4.69) is 70.1 Å². The average Bonchev–Trinajstić information content (AvgIpc) is 2.22. The molecule has 0 unspecified atom stereocenters. The Balaban J connectivity index is 2.27. The lowest BCUT2D eigenvalue weighted by molar-refractivity contribution is 0.507. The van der Waals surface area contributed by atoms with E-state index in [4.69, 9.17) is 4.99 Å². The van der Waals surface area contributed by atoms with Crippen LogP contribution in [0.5, 0.6) is 0 Å². The third-order valence-corrected chi connectivity index (χ3v) is 4.90. The first kappa shape index (κ1) is 14.4. The van der Waals surface area contributed by atoms with Crippen molar-refractivity contribution in [3.63, 3.8) is 0 Å². The van der Waals surface area contributed by atoms with Gasteiger partial charge in [-0.25, -0.2) is 0 Å². The molecule has 1 N–H and O–H groups in total. The van der Waals surface area contributed by atoms with Gasteiger partial charge < -0.3 is 5.32 Å². The van der Waals surface area contributed by atoms with Crippen LogP contribution in [0.3, 0.4) is 0 Å². The minimum atomic E-state index is 0.0389. The molecule has 0 radical (unpaired) electrons. The summed E-state index contributed by atoms with van der Waals surface area (Å²) in [6.07, 6.45) is 1.12. The summed E-state index contributed by atoms with van der Waals surface area (Å²) < 4.78 is 2.11. The molecule has 0 saturated heterocycles. The zero-order valence-electron chi connectivity index (χ0n) is 10.7. The van der Waals surface area contributed by atoms with Crippen LogP contribution >= 0.6 is 43.6 Å². The van der Waals surface area contributed by atoms with E-state index < -0.39 is 0 Å². The van der Waals surface area contributed by atoms with E-state index in [1.165, 1.54) is 5.56 Å². The maximum atomic E-state index is 4.74. The highest BCUT2D eigenvalue weighted by Gasteiger charge is 2.23. The normalized spacial score (nSPS) is 18.4. The molecule has 2 rings (SSSR count). The van der Waals surface area contributed by atoms with Crippen LogP contribution in [-0.4, -0.2) is 16.5 Å². The van der Waals surface area contributed by atoms with Gasteiger partial charge in [0.05, 0.1) is 11.2 Å². The maximum absolute atomic E-state index is 4.74. The number of benzene rings is 1. The Hall–Kier alpha value is -0.000000000000000111. The highest BCUT2D eigenvalue weighted by Crippen LogP contribution is 2.34. The summed E-state index contributed by atoms with van der Waals surface area (Å²) in [7, 11) is 0. The predicted octanol–water partition coefficient (Wildman–Crippen LogP) is 5.20. The number of hydrogen-bond acceptors (Lipinski definition) is 3. The first-order chi connectivity index (χ1) is 8.37. The zero-order valence-corrected chi connectivity index (χ0v) is 14.7. The number of nitrogens with one attached hydrogen (secondary N) is 1. The smallest absolute Gasteiger partial charge is 0.161 e. The fraction of sp³-hybridized carbons (Fsp3) is 0.462. The van der Waals surface area contributed by atoms with Crippen LogP contribution in [0.4, 0.5) is 5.69 Å². The van der Waals surface area contributed by atoms with Gasteiger partial charge in [-0.05, 0) is 76.7 Å². The molecule has 5 heteroatoms. The summed E-state index contributed by atoms with van der Waals surface area (Å²) in [6.45, 7) is 6.43. The van der Waals surface area contributed by atoms with Gasteiger partial charge in [-0.3, -0.25) is 4.99 Å². The van der Waals surface area contributed by atoms with E-state index in [1.807, 2.05) is 0 Å². The summed E-state index contributed by atoms with van der Waals surface area (Å²) in [5.74, 6) is 1.11. The Labute approximate surface area is 129 Å². The molecule has 1 aliphatic heterocycles. The lowest BCUT2D eigenvalue weighted by Crippen LogP contribution is -2.27. The van der Waals surface area contributed by atoms with E-state index in [-0.39, 0.29) is 5.54 Å². The molecule has 0 aliphatic carbocycles. The fourth-order valence-electron chi connectivity index (χ4n) is 1.75. The molecule has 1 heterocycles. The SMILES string of the molecule is Cc1cc(Br)c(NC2=NC(C)(C)CCS2)c(Br)c1. The molecule has 1 aliphatic rings. The lowest BCUT2D eigenvalue weighted by atomic mass is 10.0. The van der Waals surface area contributed by atoms with Crippen LogP contribution < -0.4 is 5.32 Å². The number of halogens is 2. The van der Waals surface area contributed by atoms with Gasteiger partial charge in [-0.2, -0.15) is 0 Å². The van der Waals surface area contributed by atoms with Gasteiger partial charge in [-0.1, -0.05) is 11.8 Å². The molecule has 0 atom stereocenters. The minimum absolute atomic E-state index is 0.0389. The van der Waals surface area contributed by atoms with Crippen LogP contribution in [0.15, 0.2) is 26.1 Å². The minimum Gasteiger partial charge on any atom is -0.333 e. The molecule has 18 heavy (non-hydrogen) atoms. The van der Waals surface area contributed by atoms with Crippen molar-refractivity contribution in [2.24, 2.45) is 4.99 Å². The number of anilines is 1. The third kappa shape index (κ3) is 3.52. The van der Waals surface area contributed by atoms with Gasteiger partial charge in [0.1, 0.15) is 0 Å². The van der Waals surface area contributed by atoms with Crippen LogP contribution in [0.25, 0.3) is 0 Å². The van der Waals surface area contributed by atoms with E-state index in [0.717, 1.165) is 32.0 Å². The average molecular weight is 392 g/mol. The quantitative estimate of drug-likeness (QED) is 0.710. The molecule has 1 aromatic carbocycles. The van der Waals surface area contributed by atoms with Crippen molar-refractivity contribution in [2.75, 3.05) is 11.1 Å². The van der Waals surface area contributed by atoms with E-state index in [9.17, 15) is 0 Å². The van der Waals surface area contributed by atoms with Crippen molar-refractivity contribution >= 4 is 54.5 Å². The van der Waals surface area contributed by atoms with Crippen LogP contribution in [-0.2, 0) is 0 Å². The number of thioether (sulfide) groups is 1. The molecule has 0 spiro atoms. The summed E-state index contributed by atoms with van der Waals surface area (Å²) in [6, 6.07) is 4.21. The summed E-state index contributed by atoms with van der Waals surface area (Å²) in [4.78, 5) is 4.74. The second-order valence-electron chi connectivity index (χ2n) is 5.06. The Morgan fingerprint density at radius 3 is 2.44 bits per heavy atom. The number of rotatable bonds is 1.